The first-order valence-corrected chi connectivity index (χ1v) is 6.42. The van der Waals surface area contributed by atoms with Crippen LogP contribution in [0.2, 0.25) is 0 Å². The molecule has 0 amide bonds. The van der Waals surface area contributed by atoms with Crippen molar-refractivity contribution in [3.63, 3.8) is 0 Å². The van der Waals surface area contributed by atoms with Crippen LogP contribution in [0.25, 0.3) is 0 Å². The van der Waals surface area contributed by atoms with Gasteiger partial charge in [0.25, 0.3) is 0 Å². The number of likely N-dealkylation sites (N-methyl/N-ethyl adjacent to an activating group) is 1. The van der Waals surface area contributed by atoms with Crippen molar-refractivity contribution in [2.24, 2.45) is 0 Å². The summed E-state index contributed by atoms with van der Waals surface area (Å²) in [5.41, 5.74) is 0. The molecule has 0 N–H and O–H groups in total. The van der Waals surface area contributed by atoms with E-state index in [2.05, 4.69) is 37.8 Å². The number of aromatic nitrogens is 1. The van der Waals surface area contributed by atoms with E-state index in [1.54, 1.807) is 11.3 Å². The molecule has 2 rings (SSSR count). The van der Waals surface area contributed by atoms with Crippen LogP contribution in [-0.2, 0) is 6.54 Å². The topological polar surface area (TPSA) is 19.4 Å². The van der Waals surface area contributed by atoms with E-state index in [1.807, 2.05) is 5.38 Å². The van der Waals surface area contributed by atoms with Gasteiger partial charge in [0.05, 0.1) is 6.54 Å². The molecule has 0 radical (unpaired) electrons. The number of hydrogen-bond acceptors (Lipinski definition) is 4. The van der Waals surface area contributed by atoms with Crippen LogP contribution in [0.1, 0.15) is 5.01 Å². The molecule has 2 heterocycles. The Hall–Kier alpha value is 0.0300. The molecular weight excluding hydrogens is 262 g/mol. The van der Waals surface area contributed by atoms with Crippen LogP contribution in [0.15, 0.2) is 9.98 Å². The predicted molar refractivity (Wildman–Crippen MR) is 62.6 cm³/mol. The molecule has 1 aromatic rings. The van der Waals surface area contributed by atoms with Gasteiger partial charge in [-0.3, -0.25) is 4.90 Å². The van der Waals surface area contributed by atoms with Gasteiger partial charge in [0.1, 0.15) is 9.61 Å². The highest BCUT2D eigenvalue weighted by Crippen LogP contribution is 2.17. The zero-order valence-corrected chi connectivity index (χ0v) is 10.6. The maximum absolute atomic E-state index is 4.40. The van der Waals surface area contributed by atoms with E-state index in [-0.39, 0.29) is 0 Å². The average molecular weight is 276 g/mol. The lowest BCUT2D eigenvalue weighted by atomic mass is 10.3. The van der Waals surface area contributed by atoms with Gasteiger partial charge in [-0.25, -0.2) is 4.98 Å². The van der Waals surface area contributed by atoms with E-state index >= 15 is 0 Å². The summed E-state index contributed by atoms with van der Waals surface area (Å²) in [6.45, 7) is 5.67. The maximum Gasteiger partial charge on any atom is 0.117 e. The van der Waals surface area contributed by atoms with Gasteiger partial charge in [0.2, 0.25) is 0 Å². The molecule has 0 atom stereocenters. The summed E-state index contributed by atoms with van der Waals surface area (Å²) in [4.78, 5) is 9.24. The zero-order chi connectivity index (χ0) is 9.97. The van der Waals surface area contributed by atoms with Crippen molar-refractivity contribution >= 4 is 27.3 Å². The van der Waals surface area contributed by atoms with Gasteiger partial charge in [0.15, 0.2) is 0 Å². The largest absolute Gasteiger partial charge is 0.304 e. The minimum Gasteiger partial charge on any atom is -0.304 e. The molecule has 0 saturated carbocycles. The highest BCUT2D eigenvalue weighted by atomic mass is 79.9. The molecule has 1 aliphatic rings. The highest BCUT2D eigenvalue weighted by Gasteiger charge is 2.14. The summed E-state index contributed by atoms with van der Waals surface area (Å²) in [5.74, 6) is 0. The van der Waals surface area contributed by atoms with E-state index < -0.39 is 0 Å². The molecule has 1 fully saturated rings. The van der Waals surface area contributed by atoms with Crippen LogP contribution in [0.5, 0.6) is 0 Å². The van der Waals surface area contributed by atoms with Crippen molar-refractivity contribution in [2.45, 2.75) is 6.54 Å². The Morgan fingerprint density at radius 2 is 2.14 bits per heavy atom. The van der Waals surface area contributed by atoms with Crippen molar-refractivity contribution in [1.29, 1.82) is 0 Å². The molecule has 0 spiro atoms. The van der Waals surface area contributed by atoms with Crippen LogP contribution in [0.4, 0.5) is 0 Å². The van der Waals surface area contributed by atoms with Crippen LogP contribution in [0.3, 0.4) is 0 Å². The fraction of sp³-hybridized carbons (Fsp3) is 0.667. The Labute approximate surface area is 96.9 Å². The molecule has 0 aliphatic carbocycles. The van der Waals surface area contributed by atoms with Gasteiger partial charge in [-0.05, 0) is 23.0 Å². The fourth-order valence-electron chi connectivity index (χ4n) is 1.56. The molecule has 1 aliphatic heterocycles. The lowest BCUT2D eigenvalue weighted by Gasteiger charge is -2.31. The Morgan fingerprint density at radius 3 is 2.71 bits per heavy atom. The standard InChI is InChI=1S/C9H14BrN3S/c1-12-2-4-13(5-3-12)6-9-11-8(10)7-14-9/h7H,2-6H2,1H3. The predicted octanol–water partition coefficient (Wildman–Crippen LogP) is 1.65. The molecule has 0 aromatic carbocycles. The lowest BCUT2D eigenvalue weighted by Crippen LogP contribution is -2.43. The van der Waals surface area contributed by atoms with E-state index in [4.69, 9.17) is 0 Å². The second kappa shape index (κ2) is 4.70. The monoisotopic (exact) mass is 275 g/mol. The number of thiazole rings is 1. The van der Waals surface area contributed by atoms with Crippen molar-refractivity contribution in [3.8, 4) is 0 Å². The molecule has 1 aromatic heterocycles. The van der Waals surface area contributed by atoms with Crippen LogP contribution in [-0.4, -0.2) is 48.0 Å². The van der Waals surface area contributed by atoms with Gasteiger partial charge < -0.3 is 4.90 Å². The molecule has 0 bridgehead atoms. The SMILES string of the molecule is CN1CCN(Cc2nc(Br)cs2)CC1. The van der Waals surface area contributed by atoms with Gasteiger partial charge in [0, 0.05) is 31.6 Å². The number of hydrogen-bond donors (Lipinski definition) is 0. The number of rotatable bonds is 2. The molecule has 0 unspecified atom stereocenters. The fourth-order valence-corrected chi connectivity index (χ4v) is 2.86. The Bertz CT molecular complexity index is 294. The third-order valence-electron chi connectivity index (χ3n) is 2.48. The number of halogens is 1. The first-order chi connectivity index (χ1) is 6.74. The lowest BCUT2D eigenvalue weighted by molar-refractivity contribution is 0.148. The second-order valence-corrected chi connectivity index (χ2v) is 5.40. The molecule has 5 heteroatoms. The minimum atomic E-state index is 0.964. The van der Waals surface area contributed by atoms with Crippen LogP contribution < -0.4 is 0 Å². The van der Waals surface area contributed by atoms with Crippen LogP contribution in [0, 0.1) is 0 Å². The second-order valence-electron chi connectivity index (χ2n) is 3.64. The summed E-state index contributed by atoms with van der Waals surface area (Å²) in [7, 11) is 2.18. The Balaban J connectivity index is 1.86. The third-order valence-corrected chi connectivity index (χ3v) is 4.02. The summed E-state index contributed by atoms with van der Waals surface area (Å²) in [5, 5.41) is 3.26. The number of nitrogens with zero attached hydrogens (tertiary/aromatic N) is 3. The van der Waals surface area contributed by atoms with Crippen molar-refractivity contribution in [1.82, 2.24) is 14.8 Å². The molecule has 14 heavy (non-hydrogen) atoms. The van der Waals surface area contributed by atoms with E-state index in [0.29, 0.717) is 0 Å². The van der Waals surface area contributed by atoms with E-state index in [0.717, 1.165) is 24.2 Å². The minimum absolute atomic E-state index is 0.964. The highest BCUT2D eigenvalue weighted by molar-refractivity contribution is 9.10. The van der Waals surface area contributed by atoms with E-state index in [1.165, 1.54) is 18.1 Å². The summed E-state index contributed by atoms with van der Waals surface area (Å²) >= 11 is 5.11. The molecule has 78 valence electrons. The van der Waals surface area contributed by atoms with Crippen molar-refractivity contribution < 1.29 is 0 Å². The van der Waals surface area contributed by atoms with Crippen molar-refractivity contribution in [3.05, 3.63) is 15.0 Å². The summed E-state index contributed by atoms with van der Waals surface area (Å²) < 4.78 is 0.964. The third kappa shape index (κ3) is 2.76. The smallest absolute Gasteiger partial charge is 0.117 e. The normalized spacial score (nSPS) is 20.1. The Morgan fingerprint density at radius 1 is 1.43 bits per heavy atom. The summed E-state index contributed by atoms with van der Waals surface area (Å²) in [6.07, 6.45) is 0. The van der Waals surface area contributed by atoms with Gasteiger partial charge in [-0.2, -0.15) is 0 Å². The first kappa shape index (κ1) is 10.5. The van der Waals surface area contributed by atoms with Gasteiger partial charge >= 0.3 is 0 Å². The van der Waals surface area contributed by atoms with Gasteiger partial charge in [-0.15, -0.1) is 11.3 Å². The van der Waals surface area contributed by atoms with E-state index in [9.17, 15) is 0 Å². The van der Waals surface area contributed by atoms with Crippen molar-refractivity contribution in [2.75, 3.05) is 33.2 Å². The molecule has 1 saturated heterocycles. The maximum atomic E-state index is 4.40. The average Bonchev–Trinajstić information content (AvgIpc) is 2.56. The first-order valence-electron chi connectivity index (χ1n) is 4.75. The summed E-state index contributed by atoms with van der Waals surface area (Å²) in [6, 6.07) is 0. The van der Waals surface area contributed by atoms with Crippen LogP contribution >= 0.6 is 27.3 Å². The van der Waals surface area contributed by atoms with Gasteiger partial charge in [-0.1, -0.05) is 0 Å². The number of piperazine rings is 1. The quantitative estimate of drug-likeness (QED) is 0.819. The molecule has 3 nitrogen and oxygen atoms in total. The Kier molecular flexibility index (Phi) is 3.54. The zero-order valence-electron chi connectivity index (χ0n) is 8.24. The molecular formula is C9H14BrN3S.